The zero-order chi connectivity index (χ0) is 51.2. The van der Waals surface area contributed by atoms with Crippen molar-refractivity contribution in [2.24, 2.45) is 35.5 Å². The van der Waals surface area contributed by atoms with Gasteiger partial charge in [0.05, 0.1) is 24.4 Å². The van der Waals surface area contributed by atoms with Gasteiger partial charge in [0.2, 0.25) is 5.79 Å². The van der Waals surface area contributed by atoms with E-state index in [1.807, 2.05) is 58.1 Å². The lowest BCUT2D eigenvalue weighted by atomic mass is 9.78. The van der Waals surface area contributed by atoms with Crippen molar-refractivity contribution >= 4 is 35.2 Å². The van der Waals surface area contributed by atoms with Crippen LogP contribution in [0.1, 0.15) is 139 Å². The summed E-state index contributed by atoms with van der Waals surface area (Å²) >= 11 is 0. The van der Waals surface area contributed by atoms with Crippen molar-refractivity contribution in [3.8, 4) is 0 Å². The number of aliphatic hydroxyl groups excluding tert-OH is 1. The van der Waals surface area contributed by atoms with Gasteiger partial charge < -0.3 is 43.5 Å². The third-order valence-electron chi connectivity index (χ3n) is 15.0. The first-order chi connectivity index (χ1) is 32.7. The highest BCUT2D eigenvalue weighted by molar-refractivity contribution is 6.39. The van der Waals surface area contributed by atoms with Gasteiger partial charge in [-0.05, 0) is 107 Å². The Hall–Kier alpha value is -3.86. The first-order valence-electron chi connectivity index (χ1n) is 25.4. The largest absolute Gasteiger partial charge is 0.460 e. The van der Waals surface area contributed by atoms with Crippen LogP contribution >= 0.6 is 0 Å². The van der Waals surface area contributed by atoms with Crippen LogP contribution in [0.2, 0.25) is 0 Å². The van der Waals surface area contributed by atoms with Crippen molar-refractivity contribution in [3.05, 3.63) is 47.6 Å². The molecule has 0 aromatic rings. The summed E-state index contributed by atoms with van der Waals surface area (Å²) in [7, 11) is 4.54. The molecule has 0 spiro atoms. The van der Waals surface area contributed by atoms with E-state index in [2.05, 4.69) is 0 Å². The normalized spacial score (nSPS) is 36.2. The number of rotatable bonds is 8. The molecular weight excluding hydrogens is 887 g/mol. The molecular formula is C54H83NO14. The number of aliphatic hydroxyl groups is 2. The standard InChI is InChI=1S/C54H83NO14/c1-12-47(57)67-43-24-22-39(29-46(43)65-10)28-35(5)45-31-42(56)34(4)27-37(7)49(59)50(66-11)48(58)36(6)26-32(2)18-14-13-15-19-33(3)44(64-9)30-40-23-21-38(8)54(63,69-40)51(60)52(61)55-25-17-16-20-41(55)53(62)68-45/h13-15,18-19,27,32,35-41,43-46,49-50,59,63H,12,16-17,20-26,28-31H2,1-11H3/t32-,35-,36-,37?,38-,39+,40+,41+,43-,44+,45+,46-,49-,50+,54-/m1/s1. The molecule has 3 aliphatic heterocycles. The van der Waals surface area contributed by atoms with E-state index in [4.69, 9.17) is 28.4 Å². The Bertz CT molecular complexity index is 1890. The average Bonchev–Trinajstić information content (AvgIpc) is 3.33. The van der Waals surface area contributed by atoms with Gasteiger partial charge in [0.1, 0.15) is 24.4 Å². The van der Waals surface area contributed by atoms with Crippen LogP contribution in [0, 0.1) is 35.5 Å². The van der Waals surface area contributed by atoms with Crippen molar-refractivity contribution in [2.75, 3.05) is 27.9 Å². The number of allylic oxidation sites excluding steroid dienone is 6. The first-order valence-corrected chi connectivity index (χ1v) is 25.4. The number of methoxy groups -OCH3 is 3. The number of ketones is 3. The van der Waals surface area contributed by atoms with Crippen molar-refractivity contribution in [1.29, 1.82) is 0 Å². The van der Waals surface area contributed by atoms with Crippen LogP contribution in [-0.4, -0.2) is 133 Å². The SMILES string of the molecule is CCC(=O)O[C@@H]1CC[C@@H](C[C@@H](C)[C@@H]2CC(=O)C(C)=CC(C)[C@@H](O)[C@@H](OC)C(=O)[C@H](C)C[C@H](C)C=CC=CC=C(C)[C@@H](OC)C[C@@H]3CC[C@@H](C)[C@@](O)(O3)C(=O)C(=O)N3CCCC[C@H]3C(=O)O2)C[C@H]1OC. The summed E-state index contributed by atoms with van der Waals surface area (Å²) in [5.74, 6) is -8.42. The molecule has 4 rings (SSSR count). The van der Waals surface area contributed by atoms with E-state index in [1.54, 1.807) is 48.0 Å². The van der Waals surface area contributed by atoms with Gasteiger partial charge in [-0.25, -0.2) is 4.79 Å². The fourth-order valence-electron chi connectivity index (χ4n) is 10.5. The summed E-state index contributed by atoms with van der Waals surface area (Å²) in [5.41, 5.74) is 1.17. The quantitative estimate of drug-likeness (QED) is 0.184. The fourth-order valence-corrected chi connectivity index (χ4v) is 10.5. The minimum atomic E-state index is -2.44. The molecule has 1 aliphatic carbocycles. The minimum Gasteiger partial charge on any atom is -0.460 e. The number of ether oxygens (including phenoxy) is 6. The number of hydrogen-bond acceptors (Lipinski definition) is 14. The summed E-state index contributed by atoms with van der Waals surface area (Å²) in [6.07, 6.45) is 11.5. The molecule has 1 unspecified atom stereocenters. The van der Waals surface area contributed by atoms with E-state index in [0.29, 0.717) is 69.8 Å². The highest BCUT2D eigenvalue weighted by Gasteiger charge is 2.53. The Morgan fingerprint density at radius 3 is 2.28 bits per heavy atom. The Kier molecular flexibility index (Phi) is 22.7. The van der Waals surface area contributed by atoms with Crippen LogP contribution in [0.25, 0.3) is 0 Å². The van der Waals surface area contributed by atoms with Crippen molar-refractivity contribution in [3.63, 3.8) is 0 Å². The van der Waals surface area contributed by atoms with Gasteiger partial charge in [-0.2, -0.15) is 0 Å². The molecule has 3 heterocycles. The van der Waals surface area contributed by atoms with Gasteiger partial charge in [-0.1, -0.05) is 78.0 Å². The zero-order valence-corrected chi connectivity index (χ0v) is 43.2. The Balaban J connectivity index is 1.70. The van der Waals surface area contributed by atoms with Crippen molar-refractivity contribution < 1.29 is 67.4 Å². The second-order valence-corrected chi connectivity index (χ2v) is 20.4. The first kappa shape index (κ1) is 57.7. The molecule has 0 radical (unpaired) electrons. The lowest BCUT2D eigenvalue weighted by Crippen LogP contribution is -2.61. The van der Waals surface area contributed by atoms with Crippen LogP contribution in [-0.2, 0) is 57.2 Å². The minimum absolute atomic E-state index is 0.0135. The van der Waals surface area contributed by atoms with Gasteiger partial charge in [-0.3, -0.25) is 24.0 Å². The van der Waals surface area contributed by atoms with E-state index in [0.717, 1.165) is 5.57 Å². The fraction of sp³-hybridized carbons (Fsp3) is 0.741. The summed E-state index contributed by atoms with van der Waals surface area (Å²) in [5, 5.41) is 23.5. The number of esters is 2. The van der Waals surface area contributed by atoms with Gasteiger partial charge >= 0.3 is 11.9 Å². The average molecular weight is 970 g/mol. The number of carbonyl (C=O) groups excluding carboxylic acids is 6. The maximum atomic E-state index is 14.5. The highest BCUT2D eigenvalue weighted by atomic mass is 16.6. The molecule has 15 atom stereocenters. The van der Waals surface area contributed by atoms with Crippen LogP contribution in [0.15, 0.2) is 47.6 Å². The van der Waals surface area contributed by atoms with E-state index >= 15 is 0 Å². The molecule has 2 saturated heterocycles. The number of fused-ring (bicyclic) bond motifs is 3. The number of piperidine rings is 1. The van der Waals surface area contributed by atoms with Crippen LogP contribution in [0.5, 0.6) is 0 Å². The molecule has 15 heteroatoms. The van der Waals surface area contributed by atoms with Gasteiger partial charge in [0, 0.05) is 64.9 Å². The van der Waals surface area contributed by atoms with Gasteiger partial charge in [0.15, 0.2) is 11.6 Å². The molecule has 3 fully saturated rings. The predicted octanol–water partition coefficient (Wildman–Crippen LogP) is 7.14. The second-order valence-electron chi connectivity index (χ2n) is 20.4. The van der Waals surface area contributed by atoms with Crippen LogP contribution in [0.4, 0.5) is 0 Å². The summed E-state index contributed by atoms with van der Waals surface area (Å²) in [6.45, 7) is 14.4. The van der Waals surface area contributed by atoms with Crippen molar-refractivity contribution in [1.82, 2.24) is 4.90 Å². The van der Waals surface area contributed by atoms with Crippen LogP contribution in [0.3, 0.4) is 0 Å². The number of amides is 1. The molecule has 4 aliphatic rings. The van der Waals surface area contributed by atoms with Crippen LogP contribution < -0.4 is 0 Å². The Morgan fingerprint density at radius 1 is 0.884 bits per heavy atom. The van der Waals surface area contributed by atoms with E-state index in [9.17, 15) is 39.0 Å². The highest BCUT2D eigenvalue weighted by Crippen LogP contribution is 2.38. The molecule has 0 aromatic carbocycles. The van der Waals surface area contributed by atoms with Gasteiger partial charge in [0.25, 0.3) is 11.7 Å². The maximum Gasteiger partial charge on any atom is 0.329 e. The monoisotopic (exact) mass is 970 g/mol. The predicted molar refractivity (Wildman–Crippen MR) is 259 cm³/mol. The van der Waals surface area contributed by atoms with Crippen molar-refractivity contribution in [2.45, 2.75) is 193 Å². The number of Topliss-reactive ketones (excluding diaryl/α,β-unsaturated/α-hetero) is 3. The molecule has 1 saturated carbocycles. The number of hydrogen-bond donors (Lipinski definition) is 2. The summed E-state index contributed by atoms with van der Waals surface area (Å²) in [4.78, 5) is 84.3. The summed E-state index contributed by atoms with van der Waals surface area (Å²) < 4.78 is 35.4. The third kappa shape index (κ3) is 15.6. The maximum absolute atomic E-state index is 14.5. The Labute approximate surface area is 410 Å². The number of cyclic esters (lactones) is 1. The topological polar surface area (TPSA) is 201 Å². The number of nitrogens with zero attached hydrogens (tertiary/aromatic N) is 1. The Morgan fingerprint density at radius 2 is 1.61 bits per heavy atom. The van der Waals surface area contributed by atoms with E-state index in [-0.39, 0.29) is 73.3 Å². The molecule has 69 heavy (non-hydrogen) atoms. The molecule has 2 bridgehead atoms. The molecule has 2 N–H and O–H groups in total. The molecule has 1 amide bonds. The summed E-state index contributed by atoms with van der Waals surface area (Å²) in [6, 6.07) is -1.16. The second kappa shape index (κ2) is 27.1. The third-order valence-corrected chi connectivity index (χ3v) is 15.0. The van der Waals surface area contributed by atoms with E-state index < -0.39 is 77.8 Å². The lowest BCUT2D eigenvalue weighted by Gasteiger charge is -2.42. The van der Waals surface area contributed by atoms with Gasteiger partial charge in [-0.15, -0.1) is 0 Å². The molecule has 0 aromatic heterocycles. The van der Waals surface area contributed by atoms with E-state index in [1.165, 1.54) is 12.0 Å². The molecule has 15 nitrogen and oxygen atoms in total. The lowest BCUT2D eigenvalue weighted by molar-refractivity contribution is -0.265. The smallest absolute Gasteiger partial charge is 0.329 e. The molecule has 388 valence electrons. The number of carbonyl (C=O) groups is 6. The zero-order valence-electron chi connectivity index (χ0n) is 43.2.